The van der Waals surface area contributed by atoms with Gasteiger partial charge in [-0.2, -0.15) is 0 Å². The monoisotopic (exact) mass is 302 g/mol. The Hall–Kier alpha value is -0.783. The maximum absolute atomic E-state index is 13.0. The average Bonchev–Trinajstić information content (AvgIpc) is 2.37. The van der Waals surface area contributed by atoms with Crippen molar-refractivity contribution in [3.63, 3.8) is 0 Å². The first-order valence-corrected chi connectivity index (χ1v) is 9.09. The summed E-state index contributed by atoms with van der Waals surface area (Å²) in [7, 11) is -1.49. The van der Waals surface area contributed by atoms with Gasteiger partial charge in [0.2, 0.25) is 0 Å². The summed E-state index contributed by atoms with van der Waals surface area (Å²) >= 11 is 0. The fourth-order valence-electron chi connectivity index (χ4n) is 2.16. The average molecular weight is 302 g/mol. The zero-order chi connectivity index (χ0) is 14.8. The minimum Gasteiger partial charge on any atom is -0.397 e. The van der Waals surface area contributed by atoms with Crippen LogP contribution >= 0.6 is 0 Å². The lowest BCUT2D eigenvalue weighted by Crippen LogP contribution is -2.22. The van der Waals surface area contributed by atoms with E-state index in [1.54, 1.807) is 0 Å². The molecule has 0 unspecified atom stereocenters. The van der Waals surface area contributed by atoms with Crippen LogP contribution in [0.5, 0.6) is 0 Å². The predicted molar refractivity (Wildman–Crippen MR) is 79.1 cm³/mol. The van der Waals surface area contributed by atoms with Crippen molar-refractivity contribution in [2.45, 2.75) is 45.6 Å². The highest BCUT2D eigenvalue weighted by atomic mass is 28.3. The van der Waals surface area contributed by atoms with Crippen LogP contribution in [0.2, 0.25) is 6.04 Å². The van der Waals surface area contributed by atoms with Crippen LogP contribution in [-0.4, -0.2) is 22.5 Å². The summed E-state index contributed by atoms with van der Waals surface area (Å²) in [6, 6.07) is 4.71. The highest BCUT2D eigenvalue weighted by molar-refractivity contribution is 6.44. The second kappa shape index (κ2) is 10.0. The second-order valence-electron chi connectivity index (χ2n) is 4.72. The number of hydrogen-bond acceptors (Lipinski definition) is 2. The van der Waals surface area contributed by atoms with Gasteiger partial charge in [-0.05, 0) is 50.4 Å². The van der Waals surface area contributed by atoms with E-state index in [9.17, 15) is 8.78 Å². The highest BCUT2D eigenvalue weighted by Gasteiger charge is 2.11. The van der Waals surface area contributed by atoms with E-state index < -0.39 is 20.9 Å². The van der Waals surface area contributed by atoms with E-state index in [4.69, 9.17) is 8.85 Å². The molecule has 1 rings (SSSR count). The molecule has 0 fully saturated rings. The molecule has 0 heterocycles. The zero-order valence-electron chi connectivity index (χ0n) is 12.3. The Morgan fingerprint density at radius 3 is 2.05 bits per heavy atom. The molecule has 0 aliphatic carbocycles. The van der Waals surface area contributed by atoms with Crippen molar-refractivity contribution in [3.8, 4) is 0 Å². The summed E-state index contributed by atoms with van der Waals surface area (Å²) in [6.45, 7) is 5.38. The number of aryl methyl sites for hydroxylation is 1. The molecule has 0 saturated heterocycles. The van der Waals surface area contributed by atoms with E-state index in [-0.39, 0.29) is 0 Å². The molecule has 0 bridgehead atoms. The fourth-order valence-corrected chi connectivity index (χ4v) is 3.95. The van der Waals surface area contributed by atoms with E-state index in [1.165, 1.54) is 12.1 Å². The van der Waals surface area contributed by atoms with E-state index in [0.717, 1.165) is 36.9 Å². The fraction of sp³-hybridized carbons (Fsp3) is 0.600. The van der Waals surface area contributed by atoms with Gasteiger partial charge in [-0.3, -0.25) is 0 Å². The molecule has 114 valence electrons. The van der Waals surface area contributed by atoms with E-state index in [1.807, 2.05) is 13.8 Å². The molecule has 20 heavy (non-hydrogen) atoms. The van der Waals surface area contributed by atoms with Crippen LogP contribution in [0.3, 0.4) is 0 Å². The van der Waals surface area contributed by atoms with Gasteiger partial charge in [-0.15, -0.1) is 0 Å². The molecule has 0 amide bonds. The lowest BCUT2D eigenvalue weighted by molar-refractivity contribution is 0.212. The maximum atomic E-state index is 13.0. The number of halogens is 2. The smallest absolute Gasteiger partial charge is 0.321 e. The van der Waals surface area contributed by atoms with E-state index in [2.05, 4.69) is 0 Å². The maximum Gasteiger partial charge on any atom is 0.321 e. The zero-order valence-corrected chi connectivity index (χ0v) is 13.5. The predicted octanol–water partition coefficient (Wildman–Crippen LogP) is 3.97. The number of hydrogen-bond donors (Lipinski definition) is 0. The molecule has 0 aliphatic heterocycles. The van der Waals surface area contributed by atoms with Gasteiger partial charge < -0.3 is 8.85 Å². The molecule has 2 nitrogen and oxygen atoms in total. The molecule has 0 radical (unpaired) electrons. The van der Waals surface area contributed by atoms with Gasteiger partial charge in [0.05, 0.1) is 0 Å². The Morgan fingerprint density at radius 1 is 0.900 bits per heavy atom. The largest absolute Gasteiger partial charge is 0.397 e. The van der Waals surface area contributed by atoms with Crippen LogP contribution in [0.4, 0.5) is 8.78 Å². The van der Waals surface area contributed by atoms with Crippen molar-refractivity contribution in [1.82, 2.24) is 0 Å². The Bertz CT molecular complexity index is 362. The van der Waals surface area contributed by atoms with Gasteiger partial charge in [0.15, 0.2) is 0 Å². The lowest BCUT2D eigenvalue weighted by atomic mass is 10.1. The van der Waals surface area contributed by atoms with Crippen molar-refractivity contribution in [1.29, 1.82) is 0 Å². The summed E-state index contributed by atoms with van der Waals surface area (Å²) in [5, 5.41) is 0. The first-order chi connectivity index (χ1) is 9.65. The van der Waals surface area contributed by atoms with Gasteiger partial charge in [-0.1, -0.05) is 12.8 Å². The normalized spacial score (nSPS) is 11.2. The van der Waals surface area contributed by atoms with Crippen molar-refractivity contribution < 1.29 is 17.6 Å². The minimum absolute atomic E-state index is 0.500. The molecule has 0 aromatic heterocycles. The Morgan fingerprint density at radius 2 is 1.50 bits per heavy atom. The van der Waals surface area contributed by atoms with Gasteiger partial charge in [0.25, 0.3) is 0 Å². The molecule has 0 spiro atoms. The molecule has 1 aromatic carbocycles. The lowest BCUT2D eigenvalue weighted by Gasteiger charge is -2.14. The number of unbranched alkanes of at least 4 members (excludes halogenated alkanes) is 2. The van der Waals surface area contributed by atoms with Crippen LogP contribution in [-0.2, 0) is 15.3 Å². The Labute approximate surface area is 121 Å². The molecule has 0 saturated carbocycles. The summed E-state index contributed by atoms with van der Waals surface area (Å²) in [5.74, 6) is -1.000. The van der Waals surface area contributed by atoms with Crippen molar-refractivity contribution in [2.75, 3.05) is 13.2 Å². The van der Waals surface area contributed by atoms with E-state index in [0.29, 0.717) is 19.6 Å². The van der Waals surface area contributed by atoms with Crippen LogP contribution in [0.25, 0.3) is 0 Å². The van der Waals surface area contributed by atoms with Crippen LogP contribution in [0.1, 0.15) is 38.7 Å². The van der Waals surface area contributed by atoms with Crippen molar-refractivity contribution in [2.24, 2.45) is 0 Å². The van der Waals surface area contributed by atoms with Crippen molar-refractivity contribution in [3.05, 3.63) is 35.4 Å². The molecular formula is C15H24F2O2Si. The summed E-state index contributed by atoms with van der Waals surface area (Å²) in [6.07, 6.45) is 3.73. The molecule has 0 aliphatic rings. The third-order valence-electron chi connectivity index (χ3n) is 3.03. The molecule has 0 N–H and O–H groups in total. The number of rotatable bonds is 10. The summed E-state index contributed by atoms with van der Waals surface area (Å²) in [5.41, 5.74) is 0.728. The van der Waals surface area contributed by atoms with Crippen LogP contribution in [0.15, 0.2) is 18.2 Å². The Balaban J connectivity index is 2.20. The topological polar surface area (TPSA) is 18.5 Å². The molecule has 5 heteroatoms. The van der Waals surface area contributed by atoms with Gasteiger partial charge in [-0.25, -0.2) is 8.78 Å². The number of benzene rings is 1. The summed E-state index contributed by atoms with van der Waals surface area (Å²) in [4.78, 5) is 0. The minimum atomic E-state index is -1.49. The quantitative estimate of drug-likeness (QED) is 0.481. The molecule has 1 aromatic rings. The van der Waals surface area contributed by atoms with E-state index >= 15 is 0 Å². The van der Waals surface area contributed by atoms with Crippen LogP contribution < -0.4 is 0 Å². The third-order valence-corrected chi connectivity index (χ3v) is 5.32. The second-order valence-corrected chi connectivity index (χ2v) is 6.82. The summed E-state index contributed by atoms with van der Waals surface area (Å²) < 4.78 is 37.2. The van der Waals surface area contributed by atoms with Gasteiger partial charge in [0.1, 0.15) is 11.6 Å². The first-order valence-electron chi connectivity index (χ1n) is 7.33. The SMILES string of the molecule is CCO[SiH](CCCCCc1cc(F)cc(F)c1)OCC. The first kappa shape index (κ1) is 17.3. The van der Waals surface area contributed by atoms with Gasteiger partial charge >= 0.3 is 9.28 Å². The standard InChI is InChI=1S/C15H24F2O2Si/c1-3-18-20(19-4-2)9-7-5-6-8-13-10-14(16)12-15(17)11-13/h10-12,20H,3-9H2,1-2H3. The highest BCUT2D eigenvalue weighted by Crippen LogP contribution is 2.13. The molecular weight excluding hydrogens is 278 g/mol. The van der Waals surface area contributed by atoms with Crippen LogP contribution in [0, 0.1) is 11.6 Å². The molecule has 0 atom stereocenters. The third kappa shape index (κ3) is 7.12. The van der Waals surface area contributed by atoms with Gasteiger partial charge in [0, 0.05) is 19.3 Å². The Kier molecular flexibility index (Phi) is 8.65. The van der Waals surface area contributed by atoms with Crippen molar-refractivity contribution >= 4 is 9.28 Å².